The second-order valence-corrected chi connectivity index (χ2v) is 1.91. The fourth-order valence-electron chi connectivity index (χ4n) is 0.549. The number of likely N-dealkylation sites (N-methyl/N-ethyl adjacent to an activating group) is 1. The Morgan fingerprint density at radius 3 is 2.67 bits per heavy atom. The van der Waals surface area contributed by atoms with Crippen LogP contribution >= 0.6 is 0 Å². The summed E-state index contributed by atoms with van der Waals surface area (Å²) in [6, 6.07) is 0.130. The maximum atomic E-state index is 8.64. The first-order chi connectivity index (χ1) is 4.35. The van der Waals surface area contributed by atoms with Crippen LogP contribution in [0, 0.1) is 0 Å². The first kappa shape index (κ1) is 8.66. The van der Waals surface area contributed by atoms with E-state index in [-0.39, 0.29) is 12.6 Å². The van der Waals surface area contributed by atoms with Crippen molar-refractivity contribution >= 4 is 0 Å². The van der Waals surface area contributed by atoms with Crippen LogP contribution in [-0.2, 0) is 0 Å². The summed E-state index contributed by atoms with van der Waals surface area (Å²) >= 11 is 0. The van der Waals surface area contributed by atoms with Crippen molar-refractivity contribution in [3.05, 3.63) is 12.2 Å². The molecule has 0 aliphatic heterocycles. The third-order valence-electron chi connectivity index (χ3n) is 1.17. The third kappa shape index (κ3) is 4.18. The van der Waals surface area contributed by atoms with Crippen molar-refractivity contribution in [2.45, 2.75) is 19.4 Å². The maximum absolute atomic E-state index is 8.64. The zero-order valence-corrected chi connectivity index (χ0v) is 6.09. The number of rotatable bonds is 4. The summed E-state index contributed by atoms with van der Waals surface area (Å²) in [4.78, 5) is 0. The summed E-state index contributed by atoms with van der Waals surface area (Å²) in [5, 5.41) is 11.6. The molecule has 2 heteroatoms. The SMILES string of the molecule is CC/C=C/C(CO)NC. The lowest BCUT2D eigenvalue weighted by Gasteiger charge is -2.05. The van der Waals surface area contributed by atoms with Gasteiger partial charge in [0.25, 0.3) is 0 Å². The van der Waals surface area contributed by atoms with Gasteiger partial charge in [-0.15, -0.1) is 0 Å². The molecule has 0 aromatic rings. The topological polar surface area (TPSA) is 32.3 Å². The summed E-state index contributed by atoms with van der Waals surface area (Å²) in [5.74, 6) is 0. The molecule has 54 valence electrons. The van der Waals surface area contributed by atoms with E-state index in [1.807, 2.05) is 19.2 Å². The number of nitrogens with one attached hydrogen (secondary N) is 1. The molecule has 2 nitrogen and oxygen atoms in total. The van der Waals surface area contributed by atoms with Gasteiger partial charge >= 0.3 is 0 Å². The maximum Gasteiger partial charge on any atom is 0.0620 e. The molecule has 0 saturated carbocycles. The molecule has 0 fully saturated rings. The summed E-state index contributed by atoms with van der Waals surface area (Å²) in [5.41, 5.74) is 0. The molecule has 0 amide bonds. The van der Waals surface area contributed by atoms with Crippen molar-refractivity contribution in [2.75, 3.05) is 13.7 Å². The van der Waals surface area contributed by atoms with Gasteiger partial charge in [-0.25, -0.2) is 0 Å². The van der Waals surface area contributed by atoms with E-state index in [0.717, 1.165) is 6.42 Å². The molecular weight excluding hydrogens is 114 g/mol. The second kappa shape index (κ2) is 5.79. The first-order valence-electron chi connectivity index (χ1n) is 3.30. The lowest BCUT2D eigenvalue weighted by molar-refractivity contribution is 0.270. The van der Waals surface area contributed by atoms with E-state index in [0.29, 0.717) is 0 Å². The zero-order valence-electron chi connectivity index (χ0n) is 6.09. The second-order valence-electron chi connectivity index (χ2n) is 1.91. The van der Waals surface area contributed by atoms with Crippen LogP contribution in [0.2, 0.25) is 0 Å². The molecule has 1 unspecified atom stereocenters. The van der Waals surface area contributed by atoms with E-state index >= 15 is 0 Å². The van der Waals surface area contributed by atoms with E-state index in [1.165, 1.54) is 0 Å². The molecular formula is C7H15NO. The molecule has 0 aromatic carbocycles. The summed E-state index contributed by atoms with van der Waals surface area (Å²) in [6.45, 7) is 2.24. The van der Waals surface area contributed by atoms with E-state index < -0.39 is 0 Å². The average molecular weight is 129 g/mol. The normalized spacial score (nSPS) is 14.6. The molecule has 0 radical (unpaired) electrons. The fourth-order valence-corrected chi connectivity index (χ4v) is 0.549. The van der Waals surface area contributed by atoms with Crippen molar-refractivity contribution < 1.29 is 5.11 Å². The third-order valence-corrected chi connectivity index (χ3v) is 1.17. The van der Waals surface area contributed by atoms with Crippen LogP contribution in [0.15, 0.2) is 12.2 Å². The number of hydrogen-bond donors (Lipinski definition) is 2. The monoisotopic (exact) mass is 129 g/mol. The van der Waals surface area contributed by atoms with Crippen molar-refractivity contribution in [1.29, 1.82) is 0 Å². The number of aliphatic hydroxyl groups excluding tert-OH is 1. The average Bonchev–Trinajstić information content (AvgIpc) is 1.91. The molecule has 9 heavy (non-hydrogen) atoms. The highest BCUT2D eigenvalue weighted by Gasteiger charge is 1.94. The van der Waals surface area contributed by atoms with Crippen LogP contribution in [0.5, 0.6) is 0 Å². The number of allylic oxidation sites excluding steroid dienone is 1. The molecule has 0 saturated heterocycles. The summed E-state index contributed by atoms with van der Waals surface area (Å²) in [6.07, 6.45) is 5.04. The number of aliphatic hydroxyl groups is 1. The van der Waals surface area contributed by atoms with Gasteiger partial charge in [0.1, 0.15) is 0 Å². The molecule has 0 spiro atoms. The van der Waals surface area contributed by atoms with E-state index in [4.69, 9.17) is 5.11 Å². The highest BCUT2D eigenvalue weighted by molar-refractivity contribution is 4.91. The van der Waals surface area contributed by atoms with E-state index in [2.05, 4.69) is 12.2 Å². The van der Waals surface area contributed by atoms with E-state index in [1.54, 1.807) is 0 Å². The van der Waals surface area contributed by atoms with Crippen LogP contribution in [0.1, 0.15) is 13.3 Å². The summed E-state index contributed by atoms with van der Waals surface area (Å²) < 4.78 is 0. The minimum Gasteiger partial charge on any atom is -0.394 e. The molecule has 0 rings (SSSR count). The van der Waals surface area contributed by atoms with Gasteiger partial charge in [-0.3, -0.25) is 0 Å². The standard InChI is InChI=1S/C7H15NO/c1-3-4-5-7(6-9)8-2/h4-5,7-9H,3,6H2,1-2H3/b5-4+. The van der Waals surface area contributed by atoms with Gasteiger partial charge in [-0.05, 0) is 13.5 Å². The van der Waals surface area contributed by atoms with Gasteiger partial charge in [0, 0.05) is 6.04 Å². The lowest BCUT2D eigenvalue weighted by Crippen LogP contribution is -2.26. The van der Waals surface area contributed by atoms with Gasteiger partial charge in [-0.2, -0.15) is 0 Å². The van der Waals surface area contributed by atoms with Crippen LogP contribution in [0.4, 0.5) is 0 Å². The van der Waals surface area contributed by atoms with E-state index in [9.17, 15) is 0 Å². The Morgan fingerprint density at radius 2 is 2.33 bits per heavy atom. The highest BCUT2D eigenvalue weighted by Crippen LogP contribution is 1.85. The number of hydrogen-bond acceptors (Lipinski definition) is 2. The van der Waals surface area contributed by atoms with Crippen molar-refractivity contribution in [2.24, 2.45) is 0 Å². The molecule has 0 aromatic heterocycles. The smallest absolute Gasteiger partial charge is 0.0620 e. The van der Waals surface area contributed by atoms with Crippen LogP contribution in [-0.4, -0.2) is 24.8 Å². The molecule has 2 N–H and O–H groups in total. The van der Waals surface area contributed by atoms with Crippen LogP contribution in [0.3, 0.4) is 0 Å². The van der Waals surface area contributed by atoms with Crippen molar-refractivity contribution in [3.63, 3.8) is 0 Å². The first-order valence-corrected chi connectivity index (χ1v) is 3.30. The summed E-state index contributed by atoms with van der Waals surface area (Å²) in [7, 11) is 1.83. The van der Waals surface area contributed by atoms with Gasteiger partial charge in [-0.1, -0.05) is 19.1 Å². The van der Waals surface area contributed by atoms with Crippen LogP contribution in [0.25, 0.3) is 0 Å². The lowest BCUT2D eigenvalue weighted by atomic mass is 10.2. The Bertz CT molecular complexity index is 77.0. The van der Waals surface area contributed by atoms with Crippen LogP contribution < -0.4 is 5.32 Å². The van der Waals surface area contributed by atoms with Gasteiger partial charge < -0.3 is 10.4 Å². The Hall–Kier alpha value is -0.340. The minimum atomic E-state index is 0.130. The Balaban J connectivity index is 3.41. The predicted octanol–water partition coefficient (Wildman–Crippen LogP) is 0.533. The molecule has 0 aliphatic carbocycles. The van der Waals surface area contributed by atoms with Crippen molar-refractivity contribution in [3.8, 4) is 0 Å². The van der Waals surface area contributed by atoms with Crippen molar-refractivity contribution in [1.82, 2.24) is 5.32 Å². The minimum absolute atomic E-state index is 0.130. The Kier molecular flexibility index (Phi) is 5.57. The molecule has 1 atom stereocenters. The Labute approximate surface area is 56.6 Å². The van der Waals surface area contributed by atoms with Gasteiger partial charge in [0.05, 0.1) is 6.61 Å². The fraction of sp³-hybridized carbons (Fsp3) is 0.714. The molecule has 0 aliphatic rings. The quantitative estimate of drug-likeness (QED) is 0.543. The zero-order chi connectivity index (χ0) is 7.11. The highest BCUT2D eigenvalue weighted by atomic mass is 16.3. The van der Waals surface area contributed by atoms with Gasteiger partial charge in [0.2, 0.25) is 0 Å². The largest absolute Gasteiger partial charge is 0.394 e. The Morgan fingerprint density at radius 1 is 1.67 bits per heavy atom. The molecule has 0 bridgehead atoms. The predicted molar refractivity (Wildman–Crippen MR) is 39.4 cm³/mol. The van der Waals surface area contributed by atoms with Gasteiger partial charge in [0.15, 0.2) is 0 Å². The molecule has 0 heterocycles.